The normalized spacial score (nSPS) is 20.3. The average Bonchev–Trinajstić information content (AvgIpc) is 2.42. The van der Waals surface area contributed by atoms with E-state index in [0.717, 1.165) is 38.2 Å². The zero-order chi connectivity index (χ0) is 14.0. The number of halogens is 3. The van der Waals surface area contributed by atoms with E-state index in [1.54, 1.807) is 0 Å². The van der Waals surface area contributed by atoms with Crippen LogP contribution in [0.3, 0.4) is 0 Å². The first-order valence-corrected chi connectivity index (χ1v) is 6.59. The first-order valence-electron chi connectivity index (χ1n) is 6.59. The maximum absolute atomic E-state index is 13.6. The van der Waals surface area contributed by atoms with Gasteiger partial charge in [-0.1, -0.05) is 19.3 Å². The molecule has 5 heteroatoms. The Bertz CT molecular complexity index is 447. The molecule has 0 aromatic heterocycles. The number of nitrogens with two attached hydrogens (primary N) is 1. The van der Waals surface area contributed by atoms with Crippen LogP contribution in [0.15, 0.2) is 12.1 Å². The van der Waals surface area contributed by atoms with Crippen LogP contribution in [0.2, 0.25) is 0 Å². The molecule has 0 radical (unpaired) electrons. The van der Waals surface area contributed by atoms with Gasteiger partial charge in [-0.05, 0) is 24.8 Å². The fraction of sp³-hybridized carbons (Fsp3) is 0.571. The topological polar surface area (TPSA) is 46.2 Å². The first-order chi connectivity index (χ1) is 9.00. The lowest BCUT2D eigenvalue weighted by Gasteiger charge is -2.30. The highest BCUT2D eigenvalue weighted by Gasteiger charge is 2.30. The molecule has 0 unspecified atom stereocenters. The molecule has 0 heterocycles. The SMILES string of the molecule is N[C@@H](c1cc(F)cc(F)c1F)[C@H](O)C1CCCCC1. The second-order valence-electron chi connectivity index (χ2n) is 5.21. The van der Waals surface area contributed by atoms with E-state index in [0.29, 0.717) is 6.07 Å². The maximum Gasteiger partial charge on any atom is 0.163 e. The van der Waals surface area contributed by atoms with Gasteiger partial charge in [0.15, 0.2) is 11.6 Å². The summed E-state index contributed by atoms with van der Waals surface area (Å²) in [7, 11) is 0. The highest BCUT2D eigenvalue weighted by Crippen LogP contribution is 2.32. The molecule has 0 spiro atoms. The van der Waals surface area contributed by atoms with Crippen LogP contribution in [0, 0.1) is 23.4 Å². The van der Waals surface area contributed by atoms with E-state index >= 15 is 0 Å². The number of aliphatic hydroxyl groups excluding tert-OH is 1. The van der Waals surface area contributed by atoms with E-state index < -0.39 is 29.6 Å². The van der Waals surface area contributed by atoms with Gasteiger partial charge < -0.3 is 10.8 Å². The zero-order valence-electron chi connectivity index (χ0n) is 10.6. The Hall–Kier alpha value is -1.07. The lowest BCUT2D eigenvalue weighted by atomic mass is 9.81. The van der Waals surface area contributed by atoms with Crippen molar-refractivity contribution in [3.05, 3.63) is 35.1 Å². The van der Waals surface area contributed by atoms with Crippen LogP contribution < -0.4 is 5.73 Å². The molecule has 1 saturated carbocycles. The summed E-state index contributed by atoms with van der Waals surface area (Å²) in [5.41, 5.74) is 5.49. The third-order valence-corrected chi connectivity index (χ3v) is 3.88. The summed E-state index contributed by atoms with van der Waals surface area (Å²) in [6.45, 7) is 0. The van der Waals surface area contributed by atoms with Crippen LogP contribution in [0.5, 0.6) is 0 Å². The van der Waals surface area contributed by atoms with Crippen molar-refractivity contribution in [1.82, 2.24) is 0 Å². The van der Waals surface area contributed by atoms with Gasteiger partial charge in [-0.15, -0.1) is 0 Å². The van der Waals surface area contributed by atoms with Gasteiger partial charge in [0, 0.05) is 11.6 Å². The third-order valence-electron chi connectivity index (χ3n) is 3.88. The summed E-state index contributed by atoms with van der Waals surface area (Å²) >= 11 is 0. The number of hydrogen-bond donors (Lipinski definition) is 2. The minimum atomic E-state index is -1.28. The largest absolute Gasteiger partial charge is 0.391 e. The molecule has 2 nitrogen and oxygen atoms in total. The molecule has 106 valence electrons. The van der Waals surface area contributed by atoms with Crippen molar-refractivity contribution in [3.63, 3.8) is 0 Å². The molecule has 3 N–H and O–H groups in total. The molecule has 2 atom stereocenters. The minimum Gasteiger partial charge on any atom is -0.391 e. The molecule has 0 bridgehead atoms. The van der Waals surface area contributed by atoms with Gasteiger partial charge in [-0.25, -0.2) is 13.2 Å². The Kier molecular flexibility index (Phi) is 4.47. The van der Waals surface area contributed by atoms with Crippen molar-refractivity contribution in [3.8, 4) is 0 Å². The van der Waals surface area contributed by atoms with Gasteiger partial charge in [0.25, 0.3) is 0 Å². The van der Waals surface area contributed by atoms with E-state index in [4.69, 9.17) is 5.73 Å². The van der Waals surface area contributed by atoms with Crippen molar-refractivity contribution < 1.29 is 18.3 Å². The van der Waals surface area contributed by atoms with Crippen LogP contribution >= 0.6 is 0 Å². The van der Waals surface area contributed by atoms with Crippen molar-refractivity contribution in [2.24, 2.45) is 11.7 Å². The van der Waals surface area contributed by atoms with E-state index in [-0.39, 0.29) is 11.5 Å². The second kappa shape index (κ2) is 5.92. The number of rotatable bonds is 3. The van der Waals surface area contributed by atoms with Gasteiger partial charge in [-0.3, -0.25) is 0 Å². The van der Waals surface area contributed by atoms with Crippen molar-refractivity contribution in [2.75, 3.05) is 0 Å². The van der Waals surface area contributed by atoms with Gasteiger partial charge in [0.1, 0.15) is 5.82 Å². The Balaban J connectivity index is 2.20. The van der Waals surface area contributed by atoms with Gasteiger partial charge in [0.05, 0.1) is 12.1 Å². The molecular weight excluding hydrogens is 255 g/mol. The Morgan fingerprint density at radius 3 is 2.37 bits per heavy atom. The quantitative estimate of drug-likeness (QED) is 0.831. The molecule has 19 heavy (non-hydrogen) atoms. The molecule has 1 aliphatic carbocycles. The fourth-order valence-electron chi connectivity index (χ4n) is 2.77. The van der Waals surface area contributed by atoms with Crippen molar-refractivity contribution in [2.45, 2.75) is 44.2 Å². The summed E-state index contributed by atoms with van der Waals surface area (Å²) in [4.78, 5) is 0. The lowest BCUT2D eigenvalue weighted by Crippen LogP contribution is -2.35. The molecule has 0 saturated heterocycles. The van der Waals surface area contributed by atoms with Crippen molar-refractivity contribution in [1.29, 1.82) is 0 Å². The maximum atomic E-state index is 13.6. The van der Waals surface area contributed by atoms with Crippen LogP contribution in [0.4, 0.5) is 13.2 Å². The first kappa shape index (κ1) is 14.3. The second-order valence-corrected chi connectivity index (χ2v) is 5.21. The van der Waals surface area contributed by atoms with Gasteiger partial charge in [0.2, 0.25) is 0 Å². The Morgan fingerprint density at radius 1 is 1.11 bits per heavy atom. The van der Waals surface area contributed by atoms with Gasteiger partial charge >= 0.3 is 0 Å². The highest BCUT2D eigenvalue weighted by molar-refractivity contribution is 5.24. The zero-order valence-corrected chi connectivity index (χ0v) is 10.6. The van der Waals surface area contributed by atoms with Crippen LogP contribution in [-0.2, 0) is 0 Å². The summed E-state index contributed by atoms with van der Waals surface area (Å²) in [5.74, 6) is -3.38. The third kappa shape index (κ3) is 3.09. The smallest absolute Gasteiger partial charge is 0.163 e. The molecule has 1 fully saturated rings. The lowest BCUT2D eigenvalue weighted by molar-refractivity contribution is 0.0605. The molecule has 1 aliphatic rings. The summed E-state index contributed by atoms with van der Waals surface area (Å²) in [6.07, 6.45) is 3.75. The predicted molar refractivity (Wildman–Crippen MR) is 65.8 cm³/mol. The number of hydrogen-bond acceptors (Lipinski definition) is 2. The van der Waals surface area contributed by atoms with E-state index in [1.165, 1.54) is 0 Å². The number of benzene rings is 1. The van der Waals surface area contributed by atoms with E-state index in [9.17, 15) is 18.3 Å². The Morgan fingerprint density at radius 2 is 1.74 bits per heavy atom. The average molecular weight is 273 g/mol. The molecule has 1 aromatic rings. The predicted octanol–water partition coefficient (Wildman–Crippen LogP) is 3.04. The Labute approximate surface area is 110 Å². The van der Waals surface area contributed by atoms with Crippen molar-refractivity contribution >= 4 is 0 Å². The van der Waals surface area contributed by atoms with Gasteiger partial charge in [-0.2, -0.15) is 0 Å². The molecule has 0 amide bonds. The highest BCUT2D eigenvalue weighted by atomic mass is 19.2. The van der Waals surface area contributed by atoms with E-state index in [2.05, 4.69) is 0 Å². The summed E-state index contributed by atoms with van der Waals surface area (Å²) in [5, 5.41) is 10.2. The monoisotopic (exact) mass is 273 g/mol. The molecular formula is C14H18F3NO. The standard InChI is InChI=1S/C14H18F3NO/c15-9-6-10(12(17)11(16)7-9)13(18)14(19)8-4-2-1-3-5-8/h6-8,13-14,19H,1-5,18H2/t13-,14+/m0/s1. The fourth-order valence-corrected chi connectivity index (χ4v) is 2.77. The summed E-state index contributed by atoms with van der Waals surface area (Å²) in [6, 6.07) is 0.224. The molecule has 0 aliphatic heterocycles. The minimum absolute atomic E-state index is 0.0329. The molecule has 1 aromatic carbocycles. The van der Waals surface area contributed by atoms with Crippen LogP contribution in [-0.4, -0.2) is 11.2 Å². The van der Waals surface area contributed by atoms with E-state index in [1.807, 2.05) is 0 Å². The van der Waals surface area contributed by atoms with Crippen LogP contribution in [0.25, 0.3) is 0 Å². The molecule has 2 rings (SSSR count). The summed E-state index contributed by atoms with van der Waals surface area (Å²) < 4.78 is 39.9. The van der Waals surface area contributed by atoms with Crippen LogP contribution in [0.1, 0.15) is 43.7 Å². The number of aliphatic hydroxyl groups is 1.